The molecule has 1 heterocycles. The number of hydrogen-bond donors (Lipinski definition) is 2. The van der Waals surface area contributed by atoms with Crippen molar-refractivity contribution in [3.05, 3.63) is 11.9 Å². The Kier molecular flexibility index (Phi) is 4.41. The Morgan fingerprint density at radius 2 is 2.37 bits per heavy atom. The zero-order valence-corrected chi connectivity index (χ0v) is 11.4. The number of aromatic carboxylic acids is 1. The Hall–Kier alpha value is -1.57. The van der Waals surface area contributed by atoms with E-state index >= 15 is 0 Å². The van der Waals surface area contributed by atoms with Gasteiger partial charge in [-0.15, -0.1) is 5.10 Å². The predicted octanol–water partition coefficient (Wildman–Crippen LogP) is 0.377. The fourth-order valence-electron chi connectivity index (χ4n) is 2.25. The molecule has 1 saturated carbocycles. The SMILES string of the molecule is CSC1CCCC1NC(=O)Cn1cc(C(=O)O)nn1. The van der Waals surface area contributed by atoms with Gasteiger partial charge in [0.1, 0.15) is 6.54 Å². The van der Waals surface area contributed by atoms with Crippen molar-refractivity contribution in [1.29, 1.82) is 0 Å². The van der Waals surface area contributed by atoms with Crippen LogP contribution in [0.2, 0.25) is 0 Å². The van der Waals surface area contributed by atoms with Gasteiger partial charge in [-0.1, -0.05) is 11.6 Å². The highest BCUT2D eigenvalue weighted by Gasteiger charge is 2.27. The molecule has 1 aromatic rings. The van der Waals surface area contributed by atoms with Gasteiger partial charge in [0, 0.05) is 11.3 Å². The van der Waals surface area contributed by atoms with Crippen molar-refractivity contribution < 1.29 is 14.7 Å². The Morgan fingerprint density at radius 3 is 3.00 bits per heavy atom. The maximum absolute atomic E-state index is 11.9. The molecule has 1 fully saturated rings. The number of aromatic nitrogens is 3. The van der Waals surface area contributed by atoms with Gasteiger partial charge in [0.15, 0.2) is 5.69 Å². The molecule has 0 bridgehead atoms. The van der Waals surface area contributed by atoms with E-state index in [0.717, 1.165) is 19.3 Å². The van der Waals surface area contributed by atoms with Crippen LogP contribution in [-0.2, 0) is 11.3 Å². The summed E-state index contributed by atoms with van der Waals surface area (Å²) < 4.78 is 1.24. The summed E-state index contributed by atoms with van der Waals surface area (Å²) in [4.78, 5) is 22.5. The normalized spacial score (nSPS) is 22.4. The first-order chi connectivity index (χ1) is 9.10. The fourth-order valence-corrected chi connectivity index (χ4v) is 3.18. The van der Waals surface area contributed by atoms with Gasteiger partial charge in [-0.25, -0.2) is 9.48 Å². The first-order valence-corrected chi connectivity index (χ1v) is 7.34. The van der Waals surface area contributed by atoms with Crippen LogP contribution < -0.4 is 5.32 Å². The summed E-state index contributed by atoms with van der Waals surface area (Å²) in [5.41, 5.74) is -0.157. The lowest BCUT2D eigenvalue weighted by Gasteiger charge is -2.18. The number of carbonyl (C=O) groups is 2. The number of rotatable bonds is 5. The molecule has 104 valence electrons. The average Bonchev–Trinajstić information content (AvgIpc) is 2.97. The summed E-state index contributed by atoms with van der Waals surface area (Å²) in [5, 5.41) is 19.2. The van der Waals surface area contributed by atoms with Gasteiger partial charge in [-0.05, 0) is 19.1 Å². The topological polar surface area (TPSA) is 97.1 Å². The molecular formula is C11H16N4O3S. The minimum atomic E-state index is -1.15. The molecule has 0 aromatic carbocycles. The zero-order valence-electron chi connectivity index (χ0n) is 10.6. The Morgan fingerprint density at radius 1 is 1.58 bits per heavy atom. The molecule has 0 aliphatic heterocycles. The van der Waals surface area contributed by atoms with Crippen LogP contribution in [0.4, 0.5) is 0 Å². The molecule has 7 nitrogen and oxygen atoms in total. The number of nitrogens with zero attached hydrogens (tertiary/aromatic N) is 3. The molecule has 2 unspecified atom stereocenters. The highest BCUT2D eigenvalue weighted by atomic mass is 32.2. The number of carboxylic acid groups (broad SMARTS) is 1. The first-order valence-electron chi connectivity index (χ1n) is 6.05. The van der Waals surface area contributed by atoms with Crippen LogP contribution in [-0.4, -0.2) is 49.5 Å². The number of thioether (sulfide) groups is 1. The summed E-state index contributed by atoms with van der Waals surface area (Å²) >= 11 is 1.77. The van der Waals surface area contributed by atoms with Gasteiger partial charge in [-0.2, -0.15) is 11.8 Å². The van der Waals surface area contributed by atoms with Gasteiger partial charge < -0.3 is 10.4 Å². The molecule has 19 heavy (non-hydrogen) atoms. The molecule has 2 rings (SSSR count). The van der Waals surface area contributed by atoms with Gasteiger partial charge in [0.25, 0.3) is 0 Å². The maximum atomic E-state index is 11.9. The number of carboxylic acids is 1. The third-order valence-electron chi connectivity index (χ3n) is 3.17. The largest absolute Gasteiger partial charge is 0.476 e. The molecular weight excluding hydrogens is 268 g/mol. The third kappa shape index (κ3) is 3.46. The second kappa shape index (κ2) is 6.05. The molecule has 1 amide bonds. The molecule has 2 atom stereocenters. The second-order valence-corrected chi connectivity index (χ2v) is 5.56. The van der Waals surface area contributed by atoms with Gasteiger partial charge in [-0.3, -0.25) is 4.79 Å². The van der Waals surface area contributed by atoms with E-state index < -0.39 is 5.97 Å². The highest BCUT2D eigenvalue weighted by Crippen LogP contribution is 2.28. The van der Waals surface area contributed by atoms with Crippen LogP contribution in [0.25, 0.3) is 0 Å². The molecule has 1 aliphatic carbocycles. The van der Waals surface area contributed by atoms with Crippen molar-refractivity contribution in [1.82, 2.24) is 20.3 Å². The van der Waals surface area contributed by atoms with E-state index in [2.05, 4.69) is 15.6 Å². The van der Waals surface area contributed by atoms with E-state index in [4.69, 9.17) is 5.11 Å². The predicted molar refractivity (Wildman–Crippen MR) is 70.1 cm³/mol. The van der Waals surface area contributed by atoms with Crippen LogP contribution >= 0.6 is 11.8 Å². The summed E-state index contributed by atoms with van der Waals surface area (Å²) in [6.07, 6.45) is 6.55. The zero-order chi connectivity index (χ0) is 13.8. The van der Waals surface area contributed by atoms with E-state index in [9.17, 15) is 9.59 Å². The summed E-state index contributed by atoms with van der Waals surface area (Å²) in [7, 11) is 0. The van der Waals surface area contributed by atoms with Crippen LogP contribution in [0.3, 0.4) is 0 Å². The molecule has 0 radical (unpaired) electrons. The Bertz CT molecular complexity index is 476. The third-order valence-corrected chi connectivity index (χ3v) is 4.33. The van der Waals surface area contributed by atoms with Crippen LogP contribution in [0.15, 0.2) is 6.20 Å². The molecule has 0 saturated heterocycles. The molecule has 0 spiro atoms. The van der Waals surface area contributed by atoms with Crippen molar-refractivity contribution in [3.8, 4) is 0 Å². The van der Waals surface area contributed by atoms with Crippen LogP contribution in [0.5, 0.6) is 0 Å². The fraction of sp³-hybridized carbons (Fsp3) is 0.636. The standard InChI is InChI=1S/C11H16N4O3S/c1-19-9-4-2-3-7(9)12-10(16)6-15-5-8(11(17)18)13-14-15/h5,7,9H,2-4,6H2,1H3,(H,12,16)(H,17,18). The van der Waals surface area contributed by atoms with Crippen LogP contribution in [0, 0.1) is 0 Å². The van der Waals surface area contributed by atoms with Crippen molar-refractivity contribution in [2.45, 2.75) is 37.1 Å². The molecule has 2 N–H and O–H groups in total. The first kappa shape index (κ1) is 13.9. The lowest BCUT2D eigenvalue weighted by Crippen LogP contribution is -2.40. The summed E-state index contributed by atoms with van der Waals surface area (Å²) in [5.74, 6) is -1.31. The van der Waals surface area contributed by atoms with Gasteiger partial charge in [0.2, 0.25) is 5.91 Å². The average molecular weight is 284 g/mol. The van der Waals surface area contributed by atoms with E-state index in [1.807, 2.05) is 6.26 Å². The minimum Gasteiger partial charge on any atom is -0.476 e. The summed E-state index contributed by atoms with van der Waals surface area (Å²) in [6, 6.07) is 0.199. The smallest absolute Gasteiger partial charge is 0.358 e. The number of amides is 1. The van der Waals surface area contributed by atoms with E-state index in [-0.39, 0.29) is 24.2 Å². The van der Waals surface area contributed by atoms with E-state index in [0.29, 0.717) is 5.25 Å². The number of hydrogen-bond acceptors (Lipinski definition) is 5. The maximum Gasteiger partial charge on any atom is 0.358 e. The molecule has 1 aromatic heterocycles. The number of nitrogens with one attached hydrogen (secondary N) is 1. The molecule has 8 heteroatoms. The molecule has 1 aliphatic rings. The van der Waals surface area contributed by atoms with E-state index in [1.165, 1.54) is 10.9 Å². The summed E-state index contributed by atoms with van der Waals surface area (Å²) in [6.45, 7) is -0.00210. The number of carbonyl (C=O) groups excluding carboxylic acids is 1. The van der Waals surface area contributed by atoms with Crippen LogP contribution in [0.1, 0.15) is 29.8 Å². The van der Waals surface area contributed by atoms with Gasteiger partial charge >= 0.3 is 5.97 Å². The minimum absolute atomic E-state index is 0.00210. The quantitative estimate of drug-likeness (QED) is 0.811. The Labute approximate surface area is 114 Å². The van der Waals surface area contributed by atoms with Crippen molar-refractivity contribution in [2.75, 3.05) is 6.26 Å². The Balaban J connectivity index is 1.88. The monoisotopic (exact) mass is 284 g/mol. The van der Waals surface area contributed by atoms with Crippen molar-refractivity contribution >= 4 is 23.6 Å². The van der Waals surface area contributed by atoms with Crippen molar-refractivity contribution in [2.24, 2.45) is 0 Å². The van der Waals surface area contributed by atoms with Gasteiger partial charge in [0.05, 0.1) is 6.20 Å². The lowest BCUT2D eigenvalue weighted by atomic mass is 10.2. The van der Waals surface area contributed by atoms with E-state index in [1.54, 1.807) is 11.8 Å². The second-order valence-electron chi connectivity index (χ2n) is 4.49. The highest BCUT2D eigenvalue weighted by molar-refractivity contribution is 7.99. The lowest BCUT2D eigenvalue weighted by molar-refractivity contribution is -0.122. The van der Waals surface area contributed by atoms with Crippen molar-refractivity contribution in [3.63, 3.8) is 0 Å².